The number of hydrogen-bond acceptors (Lipinski definition) is 7. The third kappa shape index (κ3) is 5.47. The number of aliphatic hydroxyl groups is 1. The van der Waals surface area contributed by atoms with Crippen LogP contribution in [0.5, 0.6) is 11.5 Å². The maximum absolute atomic E-state index is 13.1. The highest BCUT2D eigenvalue weighted by molar-refractivity contribution is 6.17. The molecule has 2 aromatic rings. The maximum Gasteiger partial charge on any atom is 0.313 e. The van der Waals surface area contributed by atoms with E-state index in [1.54, 1.807) is 0 Å². The van der Waals surface area contributed by atoms with Crippen molar-refractivity contribution in [3.05, 3.63) is 67.3 Å². The van der Waals surface area contributed by atoms with E-state index in [2.05, 4.69) is 4.74 Å². The quantitative estimate of drug-likeness (QED) is 0.429. The van der Waals surface area contributed by atoms with Gasteiger partial charge in [0.15, 0.2) is 11.5 Å². The third-order valence-corrected chi connectivity index (χ3v) is 3.69. The smallest absolute Gasteiger partial charge is 0.313 e. The van der Waals surface area contributed by atoms with Gasteiger partial charge in [0.2, 0.25) is 0 Å². The molecule has 1 N–H and O–H groups in total. The van der Waals surface area contributed by atoms with Crippen molar-refractivity contribution >= 4 is 23.0 Å². The minimum atomic E-state index is -0.819. The number of rotatable bonds is 6. The zero-order chi connectivity index (χ0) is 21.4. The predicted octanol–water partition coefficient (Wildman–Crippen LogP) is 3.72. The second kappa shape index (κ2) is 10.3. The molecule has 0 unspecified atom stereocenters. The lowest BCUT2D eigenvalue weighted by molar-refractivity contribution is -0.386. The summed E-state index contributed by atoms with van der Waals surface area (Å²) in [5.74, 6) is -1.64. The summed E-state index contributed by atoms with van der Waals surface area (Å²) >= 11 is 5.43. The standard InChI is InChI=1S/C8H7ClFNO3.C8H8FNO4/c1-14-8-2-5(4-9)6(10)3-7(8)11(12)13;1-14-8-2-5(4-11)6(9)3-7(8)10(12)13/h2-3H,4H2,1H3;2-3,11H,4H2,1H3. The second-order valence-corrected chi connectivity index (χ2v) is 5.30. The largest absolute Gasteiger partial charge is 0.490 e. The van der Waals surface area contributed by atoms with Gasteiger partial charge >= 0.3 is 11.4 Å². The Balaban J connectivity index is 0.000000280. The monoisotopic (exact) mass is 420 g/mol. The molecule has 0 aliphatic carbocycles. The van der Waals surface area contributed by atoms with Crippen LogP contribution in [0.2, 0.25) is 0 Å². The Bertz CT molecular complexity index is 809. The van der Waals surface area contributed by atoms with E-state index in [0.717, 1.165) is 18.2 Å². The highest BCUT2D eigenvalue weighted by Gasteiger charge is 2.19. The van der Waals surface area contributed by atoms with E-state index in [9.17, 15) is 29.0 Å². The lowest BCUT2D eigenvalue weighted by atomic mass is 10.2. The Morgan fingerprint density at radius 3 is 1.64 bits per heavy atom. The number of aliphatic hydroxyl groups excluding tert-OH is 1. The molecule has 28 heavy (non-hydrogen) atoms. The van der Waals surface area contributed by atoms with Crippen molar-refractivity contribution in [1.29, 1.82) is 0 Å². The summed E-state index contributed by atoms with van der Waals surface area (Å²) in [5.41, 5.74) is -0.720. The molecule has 0 saturated heterocycles. The summed E-state index contributed by atoms with van der Waals surface area (Å²) in [7, 11) is 2.51. The first-order valence-corrected chi connectivity index (χ1v) is 7.91. The van der Waals surface area contributed by atoms with Gasteiger partial charge in [-0.15, -0.1) is 11.6 Å². The van der Waals surface area contributed by atoms with Crippen LogP contribution in [0.3, 0.4) is 0 Å². The molecule has 0 heterocycles. The van der Waals surface area contributed by atoms with Crippen molar-refractivity contribution in [3.63, 3.8) is 0 Å². The number of nitro groups is 2. The highest BCUT2D eigenvalue weighted by atomic mass is 35.5. The van der Waals surface area contributed by atoms with E-state index < -0.39 is 39.5 Å². The normalized spacial score (nSPS) is 9.93. The Labute approximate surface area is 162 Å². The topological polar surface area (TPSA) is 125 Å². The molecule has 0 fully saturated rings. The zero-order valence-electron chi connectivity index (χ0n) is 14.6. The molecule has 9 nitrogen and oxygen atoms in total. The summed E-state index contributed by atoms with van der Waals surface area (Å²) < 4.78 is 35.5. The van der Waals surface area contributed by atoms with Crippen molar-refractivity contribution in [1.82, 2.24) is 0 Å². The first-order chi connectivity index (χ1) is 13.2. The van der Waals surface area contributed by atoms with Crippen LogP contribution in [0.1, 0.15) is 11.1 Å². The summed E-state index contributed by atoms with van der Waals surface area (Å²) in [4.78, 5) is 19.4. The van der Waals surface area contributed by atoms with Crippen LogP contribution in [-0.2, 0) is 12.5 Å². The van der Waals surface area contributed by atoms with Gasteiger partial charge < -0.3 is 14.6 Å². The van der Waals surface area contributed by atoms with Crippen molar-refractivity contribution in [2.75, 3.05) is 14.2 Å². The molecule has 2 aromatic carbocycles. The molecule has 0 saturated carbocycles. The van der Waals surface area contributed by atoms with E-state index in [1.165, 1.54) is 20.3 Å². The molecule has 0 spiro atoms. The Morgan fingerprint density at radius 2 is 1.32 bits per heavy atom. The molecule has 0 amide bonds. The molecule has 0 atom stereocenters. The van der Waals surface area contributed by atoms with Gasteiger partial charge in [0, 0.05) is 11.1 Å². The van der Waals surface area contributed by atoms with Crippen LogP contribution >= 0.6 is 11.6 Å². The third-order valence-electron chi connectivity index (χ3n) is 3.40. The summed E-state index contributed by atoms with van der Waals surface area (Å²) in [6.07, 6.45) is 0. The van der Waals surface area contributed by atoms with Gasteiger partial charge in [-0.1, -0.05) is 0 Å². The zero-order valence-corrected chi connectivity index (χ0v) is 15.4. The number of hydrogen-bond donors (Lipinski definition) is 1. The molecule has 152 valence electrons. The lowest BCUT2D eigenvalue weighted by Gasteiger charge is -2.04. The molecule has 0 aliphatic heterocycles. The molecule has 0 bridgehead atoms. The molecule has 0 radical (unpaired) electrons. The fraction of sp³-hybridized carbons (Fsp3) is 0.250. The fourth-order valence-corrected chi connectivity index (χ4v) is 2.21. The van der Waals surface area contributed by atoms with Gasteiger partial charge in [0.05, 0.1) is 48.7 Å². The summed E-state index contributed by atoms with van der Waals surface area (Å²) in [6, 6.07) is 3.86. The average molecular weight is 421 g/mol. The molecule has 0 aromatic heterocycles. The number of nitrogens with zero attached hydrogens (tertiary/aromatic N) is 2. The number of ether oxygens (including phenoxy) is 2. The molecular weight excluding hydrogens is 406 g/mol. The van der Waals surface area contributed by atoms with Gasteiger partial charge in [-0.25, -0.2) is 8.78 Å². The number of halogens is 3. The minimum absolute atomic E-state index is 0.00653. The van der Waals surface area contributed by atoms with E-state index in [1.807, 2.05) is 0 Å². The van der Waals surface area contributed by atoms with Gasteiger partial charge in [0.1, 0.15) is 11.6 Å². The molecule has 2 rings (SSSR count). The average Bonchev–Trinajstić information content (AvgIpc) is 2.67. The van der Waals surface area contributed by atoms with E-state index in [0.29, 0.717) is 0 Å². The van der Waals surface area contributed by atoms with E-state index in [-0.39, 0.29) is 28.5 Å². The predicted molar refractivity (Wildman–Crippen MR) is 94.7 cm³/mol. The summed E-state index contributed by atoms with van der Waals surface area (Å²) in [6.45, 7) is -0.528. The SMILES string of the molecule is COc1cc(CCl)c(F)cc1[N+](=O)[O-].COc1cc(CO)c(F)cc1[N+](=O)[O-]. The number of nitro benzene ring substituents is 2. The van der Waals surface area contributed by atoms with Crippen molar-refractivity contribution in [3.8, 4) is 11.5 Å². The number of benzene rings is 2. The van der Waals surface area contributed by atoms with Gasteiger partial charge in [-0.05, 0) is 12.1 Å². The van der Waals surface area contributed by atoms with Gasteiger partial charge in [-0.3, -0.25) is 20.2 Å². The van der Waals surface area contributed by atoms with E-state index >= 15 is 0 Å². The first-order valence-electron chi connectivity index (χ1n) is 7.38. The first kappa shape index (κ1) is 23.0. The molecular formula is C16H15ClF2N2O7. The van der Waals surface area contributed by atoms with Crippen LogP contribution in [0.25, 0.3) is 0 Å². The lowest BCUT2D eigenvalue weighted by Crippen LogP contribution is -1.98. The van der Waals surface area contributed by atoms with Crippen molar-refractivity contribution in [2.24, 2.45) is 0 Å². The maximum atomic E-state index is 13.1. The van der Waals surface area contributed by atoms with Gasteiger partial charge in [-0.2, -0.15) is 0 Å². The highest BCUT2D eigenvalue weighted by Crippen LogP contribution is 2.30. The van der Waals surface area contributed by atoms with Crippen LogP contribution in [0.4, 0.5) is 20.2 Å². The van der Waals surface area contributed by atoms with Crippen molar-refractivity contribution in [2.45, 2.75) is 12.5 Å². The van der Waals surface area contributed by atoms with Crippen LogP contribution in [0.15, 0.2) is 24.3 Å². The Hall–Kier alpha value is -3.05. The van der Waals surface area contributed by atoms with E-state index in [4.69, 9.17) is 21.4 Å². The Morgan fingerprint density at radius 1 is 0.929 bits per heavy atom. The van der Waals surface area contributed by atoms with Gasteiger partial charge in [0.25, 0.3) is 0 Å². The minimum Gasteiger partial charge on any atom is -0.490 e. The Kier molecular flexibility index (Phi) is 8.48. The fourth-order valence-electron chi connectivity index (χ4n) is 2.01. The molecule has 0 aliphatic rings. The van der Waals surface area contributed by atoms with Crippen LogP contribution in [-0.4, -0.2) is 29.2 Å². The summed E-state index contributed by atoms with van der Waals surface area (Å²) in [5, 5.41) is 29.6. The number of methoxy groups -OCH3 is 2. The van der Waals surface area contributed by atoms with Crippen LogP contribution in [0, 0.1) is 31.9 Å². The van der Waals surface area contributed by atoms with Crippen molar-refractivity contribution < 1.29 is 33.2 Å². The molecule has 12 heteroatoms. The van der Waals surface area contributed by atoms with Crippen LogP contribution < -0.4 is 9.47 Å². The number of alkyl halides is 1. The second-order valence-electron chi connectivity index (χ2n) is 5.04.